The SMILES string of the molecule is CCC(COC)NC(=O)COc1ccccc1OCc1ccccc1. The Labute approximate surface area is 148 Å². The van der Waals surface area contributed by atoms with Crippen LogP contribution in [0.5, 0.6) is 11.5 Å². The van der Waals surface area contributed by atoms with Gasteiger partial charge in [-0.15, -0.1) is 0 Å². The van der Waals surface area contributed by atoms with Crippen LogP contribution in [0.3, 0.4) is 0 Å². The molecule has 0 saturated carbocycles. The van der Waals surface area contributed by atoms with Gasteiger partial charge in [0.15, 0.2) is 18.1 Å². The first kappa shape index (κ1) is 18.8. The largest absolute Gasteiger partial charge is 0.485 e. The minimum atomic E-state index is -0.179. The second-order valence-corrected chi connectivity index (χ2v) is 5.64. The highest BCUT2D eigenvalue weighted by Crippen LogP contribution is 2.27. The molecule has 1 amide bonds. The summed E-state index contributed by atoms with van der Waals surface area (Å²) in [6, 6.07) is 17.2. The van der Waals surface area contributed by atoms with E-state index in [1.807, 2.05) is 55.5 Å². The molecule has 0 fully saturated rings. The maximum absolute atomic E-state index is 12.0. The Morgan fingerprint density at radius 3 is 2.28 bits per heavy atom. The minimum absolute atomic E-state index is 0.00863. The van der Waals surface area contributed by atoms with Gasteiger partial charge >= 0.3 is 0 Å². The van der Waals surface area contributed by atoms with Gasteiger partial charge in [-0.1, -0.05) is 49.4 Å². The maximum Gasteiger partial charge on any atom is 0.258 e. The molecule has 2 aromatic carbocycles. The highest BCUT2D eigenvalue weighted by molar-refractivity contribution is 5.77. The van der Waals surface area contributed by atoms with Crippen LogP contribution in [0, 0.1) is 0 Å². The quantitative estimate of drug-likeness (QED) is 0.720. The zero-order valence-corrected chi connectivity index (χ0v) is 14.7. The lowest BCUT2D eigenvalue weighted by molar-refractivity contribution is -0.124. The molecule has 0 heterocycles. The fourth-order valence-electron chi connectivity index (χ4n) is 2.30. The summed E-state index contributed by atoms with van der Waals surface area (Å²) in [5.41, 5.74) is 1.07. The van der Waals surface area contributed by atoms with E-state index in [0.29, 0.717) is 24.7 Å². The zero-order valence-electron chi connectivity index (χ0n) is 14.7. The summed E-state index contributed by atoms with van der Waals surface area (Å²) in [5, 5.41) is 2.89. The minimum Gasteiger partial charge on any atom is -0.485 e. The van der Waals surface area contributed by atoms with Crippen molar-refractivity contribution in [3.8, 4) is 11.5 Å². The van der Waals surface area contributed by atoms with Gasteiger partial charge in [0, 0.05) is 7.11 Å². The van der Waals surface area contributed by atoms with Gasteiger partial charge in [-0.25, -0.2) is 0 Å². The molecule has 0 saturated heterocycles. The summed E-state index contributed by atoms with van der Waals surface area (Å²) in [7, 11) is 1.62. The number of hydrogen-bond acceptors (Lipinski definition) is 4. The predicted octanol–water partition coefficient (Wildman–Crippen LogP) is 3.19. The topological polar surface area (TPSA) is 56.8 Å². The third-order valence-electron chi connectivity index (χ3n) is 3.67. The highest BCUT2D eigenvalue weighted by atomic mass is 16.5. The molecule has 0 radical (unpaired) electrons. The first-order valence-corrected chi connectivity index (χ1v) is 8.39. The Morgan fingerprint density at radius 1 is 1.00 bits per heavy atom. The van der Waals surface area contributed by atoms with Crippen molar-refractivity contribution in [1.29, 1.82) is 0 Å². The summed E-state index contributed by atoms with van der Waals surface area (Å²) in [5.74, 6) is 0.984. The van der Waals surface area contributed by atoms with Crippen LogP contribution in [-0.2, 0) is 16.1 Å². The van der Waals surface area contributed by atoms with Crippen molar-refractivity contribution in [1.82, 2.24) is 5.32 Å². The number of amides is 1. The Hall–Kier alpha value is -2.53. The lowest BCUT2D eigenvalue weighted by Gasteiger charge is -2.17. The summed E-state index contributed by atoms with van der Waals surface area (Å²) >= 11 is 0. The third-order valence-corrected chi connectivity index (χ3v) is 3.67. The van der Waals surface area contributed by atoms with E-state index in [-0.39, 0.29) is 18.6 Å². The summed E-state index contributed by atoms with van der Waals surface area (Å²) in [6.07, 6.45) is 0.802. The number of methoxy groups -OCH3 is 1. The first-order chi connectivity index (χ1) is 12.2. The molecule has 5 nitrogen and oxygen atoms in total. The maximum atomic E-state index is 12.0. The van der Waals surface area contributed by atoms with Crippen molar-refractivity contribution in [3.05, 3.63) is 60.2 Å². The number of carbonyl (C=O) groups excluding carboxylic acids is 1. The molecular formula is C20H25NO4. The van der Waals surface area contributed by atoms with Gasteiger partial charge in [-0.05, 0) is 24.1 Å². The van der Waals surface area contributed by atoms with Crippen LogP contribution in [0.25, 0.3) is 0 Å². The summed E-state index contributed by atoms with van der Waals surface area (Å²) in [6.45, 7) is 2.86. The van der Waals surface area contributed by atoms with Gasteiger partial charge in [0.1, 0.15) is 6.61 Å². The average Bonchev–Trinajstić information content (AvgIpc) is 2.65. The zero-order chi connectivity index (χ0) is 17.9. The van der Waals surface area contributed by atoms with Crippen LogP contribution in [0.1, 0.15) is 18.9 Å². The smallest absolute Gasteiger partial charge is 0.258 e. The van der Waals surface area contributed by atoms with E-state index in [9.17, 15) is 4.79 Å². The van der Waals surface area contributed by atoms with E-state index in [2.05, 4.69) is 5.32 Å². The van der Waals surface area contributed by atoms with Crippen molar-refractivity contribution in [2.75, 3.05) is 20.3 Å². The van der Waals surface area contributed by atoms with E-state index in [0.717, 1.165) is 12.0 Å². The molecule has 1 atom stereocenters. The molecule has 0 aliphatic heterocycles. The Morgan fingerprint density at radius 2 is 1.64 bits per heavy atom. The number of hydrogen-bond donors (Lipinski definition) is 1. The molecule has 134 valence electrons. The number of ether oxygens (including phenoxy) is 3. The van der Waals surface area contributed by atoms with E-state index < -0.39 is 0 Å². The van der Waals surface area contributed by atoms with Crippen LogP contribution in [-0.4, -0.2) is 32.3 Å². The normalized spacial score (nSPS) is 11.6. The molecular weight excluding hydrogens is 318 g/mol. The van der Waals surface area contributed by atoms with Gasteiger partial charge in [-0.3, -0.25) is 4.79 Å². The molecule has 2 aromatic rings. The van der Waals surface area contributed by atoms with Crippen molar-refractivity contribution < 1.29 is 19.0 Å². The van der Waals surface area contributed by atoms with Crippen LogP contribution in [0.2, 0.25) is 0 Å². The first-order valence-electron chi connectivity index (χ1n) is 8.39. The highest BCUT2D eigenvalue weighted by Gasteiger charge is 2.12. The monoisotopic (exact) mass is 343 g/mol. The number of benzene rings is 2. The van der Waals surface area contributed by atoms with Crippen molar-refractivity contribution in [2.45, 2.75) is 26.0 Å². The van der Waals surface area contributed by atoms with E-state index in [4.69, 9.17) is 14.2 Å². The van der Waals surface area contributed by atoms with Crippen molar-refractivity contribution in [2.24, 2.45) is 0 Å². The second-order valence-electron chi connectivity index (χ2n) is 5.64. The molecule has 1 unspecified atom stereocenters. The lowest BCUT2D eigenvalue weighted by atomic mass is 10.2. The van der Waals surface area contributed by atoms with Gasteiger partial charge in [0.05, 0.1) is 12.6 Å². The Balaban J connectivity index is 1.88. The van der Waals surface area contributed by atoms with Crippen molar-refractivity contribution >= 4 is 5.91 Å². The fourth-order valence-corrected chi connectivity index (χ4v) is 2.30. The van der Waals surface area contributed by atoms with Gasteiger partial charge in [0.2, 0.25) is 0 Å². The second kappa shape index (κ2) is 10.4. The third kappa shape index (κ3) is 6.47. The molecule has 0 aliphatic rings. The summed E-state index contributed by atoms with van der Waals surface area (Å²) < 4.78 is 16.5. The molecule has 5 heteroatoms. The fraction of sp³-hybridized carbons (Fsp3) is 0.350. The predicted molar refractivity (Wildman–Crippen MR) is 96.8 cm³/mol. The molecule has 0 bridgehead atoms. The van der Waals surface area contributed by atoms with Crippen LogP contribution in [0.4, 0.5) is 0 Å². The number of para-hydroxylation sites is 2. The van der Waals surface area contributed by atoms with E-state index >= 15 is 0 Å². The van der Waals surface area contributed by atoms with Crippen LogP contribution in [0.15, 0.2) is 54.6 Å². The van der Waals surface area contributed by atoms with Crippen LogP contribution >= 0.6 is 0 Å². The number of nitrogens with one attached hydrogen (secondary N) is 1. The molecule has 1 N–H and O–H groups in total. The molecule has 25 heavy (non-hydrogen) atoms. The van der Waals surface area contributed by atoms with E-state index in [1.165, 1.54) is 0 Å². The standard InChI is InChI=1S/C20H25NO4/c1-3-17(14-23-2)21-20(22)15-25-19-12-8-7-11-18(19)24-13-16-9-5-4-6-10-16/h4-12,17H,3,13-15H2,1-2H3,(H,21,22). The lowest BCUT2D eigenvalue weighted by Crippen LogP contribution is -2.40. The average molecular weight is 343 g/mol. The number of carbonyl (C=O) groups is 1. The van der Waals surface area contributed by atoms with Gasteiger partial charge in [0.25, 0.3) is 5.91 Å². The Bertz CT molecular complexity index is 645. The molecule has 0 aromatic heterocycles. The Kier molecular flexibility index (Phi) is 7.79. The van der Waals surface area contributed by atoms with Gasteiger partial charge in [-0.2, -0.15) is 0 Å². The summed E-state index contributed by atoms with van der Waals surface area (Å²) in [4.78, 5) is 12.0. The molecule has 2 rings (SSSR count). The van der Waals surface area contributed by atoms with Gasteiger partial charge < -0.3 is 19.5 Å². The van der Waals surface area contributed by atoms with Crippen molar-refractivity contribution in [3.63, 3.8) is 0 Å². The molecule has 0 aliphatic carbocycles. The number of rotatable bonds is 10. The van der Waals surface area contributed by atoms with Crippen LogP contribution < -0.4 is 14.8 Å². The molecule has 0 spiro atoms. The van der Waals surface area contributed by atoms with E-state index in [1.54, 1.807) is 13.2 Å².